The van der Waals surface area contributed by atoms with Crippen molar-refractivity contribution in [2.75, 3.05) is 5.32 Å². The second-order valence-corrected chi connectivity index (χ2v) is 4.16. The second-order valence-electron chi connectivity index (χ2n) is 4.16. The quantitative estimate of drug-likeness (QED) is 0.794. The lowest BCUT2D eigenvalue weighted by Crippen LogP contribution is -2.14. The van der Waals surface area contributed by atoms with Crippen LogP contribution < -0.4 is 5.32 Å². The van der Waals surface area contributed by atoms with Crippen molar-refractivity contribution in [2.45, 2.75) is 6.92 Å². The fourth-order valence-corrected chi connectivity index (χ4v) is 1.66. The summed E-state index contributed by atoms with van der Waals surface area (Å²) in [6, 6.07) is 7.36. The number of anilines is 1. The molecule has 1 aromatic heterocycles. The van der Waals surface area contributed by atoms with Crippen LogP contribution in [0.4, 0.5) is 5.82 Å². The van der Waals surface area contributed by atoms with Gasteiger partial charge in [0.2, 0.25) is 0 Å². The van der Waals surface area contributed by atoms with Gasteiger partial charge in [-0.1, -0.05) is 12.1 Å². The Hall–Kier alpha value is -2.89. The van der Waals surface area contributed by atoms with E-state index in [1.807, 2.05) is 0 Å². The van der Waals surface area contributed by atoms with E-state index in [1.54, 1.807) is 19.1 Å². The van der Waals surface area contributed by atoms with Crippen LogP contribution in [0.25, 0.3) is 0 Å². The van der Waals surface area contributed by atoms with E-state index in [9.17, 15) is 14.7 Å². The number of aromatic hydroxyl groups is 1. The van der Waals surface area contributed by atoms with E-state index >= 15 is 0 Å². The first-order valence-electron chi connectivity index (χ1n) is 5.78. The Morgan fingerprint density at radius 1 is 1.25 bits per heavy atom. The van der Waals surface area contributed by atoms with E-state index < -0.39 is 11.9 Å². The van der Waals surface area contributed by atoms with Crippen LogP contribution in [0.2, 0.25) is 0 Å². The summed E-state index contributed by atoms with van der Waals surface area (Å²) in [7, 11) is 0. The van der Waals surface area contributed by atoms with Gasteiger partial charge in [-0.3, -0.25) is 4.79 Å². The van der Waals surface area contributed by atoms with E-state index in [0.29, 0.717) is 5.56 Å². The lowest BCUT2D eigenvalue weighted by atomic mass is 10.1. The largest absolute Gasteiger partial charge is 0.507 e. The highest BCUT2D eigenvalue weighted by Crippen LogP contribution is 2.22. The number of rotatable bonds is 3. The molecule has 0 unspecified atom stereocenters. The van der Waals surface area contributed by atoms with E-state index in [4.69, 9.17) is 5.11 Å². The fourth-order valence-electron chi connectivity index (χ4n) is 1.66. The molecule has 1 heterocycles. The van der Waals surface area contributed by atoms with Gasteiger partial charge in [-0.25, -0.2) is 9.78 Å². The number of phenols is 1. The molecule has 0 aliphatic heterocycles. The monoisotopic (exact) mass is 272 g/mol. The predicted molar refractivity (Wildman–Crippen MR) is 72.0 cm³/mol. The maximum atomic E-state index is 12.0. The molecule has 0 fully saturated rings. The molecule has 1 amide bonds. The zero-order valence-corrected chi connectivity index (χ0v) is 10.6. The summed E-state index contributed by atoms with van der Waals surface area (Å²) in [5.41, 5.74) is 0.696. The van der Waals surface area contributed by atoms with E-state index in [1.165, 1.54) is 24.4 Å². The number of aryl methyl sites for hydroxylation is 1. The van der Waals surface area contributed by atoms with Crippen LogP contribution in [0.5, 0.6) is 5.75 Å². The van der Waals surface area contributed by atoms with Gasteiger partial charge in [-0.2, -0.15) is 0 Å². The SMILES string of the molecule is Cc1cccc(C(=O)Nc2cc(C(=O)O)ccn2)c1O. The minimum absolute atomic E-state index is 0.0174. The smallest absolute Gasteiger partial charge is 0.335 e. The predicted octanol–water partition coefficient (Wildman–Crippen LogP) is 2.05. The number of carboxylic acids is 1. The molecule has 0 spiro atoms. The summed E-state index contributed by atoms with van der Waals surface area (Å²) in [6.45, 7) is 1.68. The number of aromatic carboxylic acids is 1. The van der Waals surface area contributed by atoms with Gasteiger partial charge in [0.25, 0.3) is 5.91 Å². The van der Waals surface area contributed by atoms with Gasteiger partial charge in [0, 0.05) is 6.20 Å². The van der Waals surface area contributed by atoms with Crippen LogP contribution in [0, 0.1) is 6.92 Å². The van der Waals surface area contributed by atoms with Gasteiger partial charge in [-0.15, -0.1) is 0 Å². The lowest BCUT2D eigenvalue weighted by Gasteiger charge is -2.08. The normalized spacial score (nSPS) is 10.1. The second kappa shape index (κ2) is 5.40. The highest BCUT2D eigenvalue weighted by Gasteiger charge is 2.14. The molecule has 0 bridgehead atoms. The number of amides is 1. The number of carboxylic acid groups (broad SMARTS) is 1. The maximum Gasteiger partial charge on any atom is 0.335 e. The number of benzene rings is 1. The summed E-state index contributed by atoms with van der Waals surface area (Å²) in [5, 5.41) is 21.1. The molecule has 1 aromatic carbocycles. The van der Waals surface area contributed by atoms with E-state index in [2.05, 4.69) is 10.3 Å². The molecule has 20 heavy (non-hydrogen) atoms. The standard InChI is InChI=1S/C14H12N2O4/c1-8-3-2-4-10(12(8)17)13(18)16-11-7-9(14(19)20)5-6-15-11/h2-7,17H,1H3,(H,19,20)(H,15,16,18). The van der Waals surface area contributed by atoms with Crippen LogP contribution in [-0.4, -0.2) is 27.1 Å². The number of nitrogens with one attached hydrogen (secondary N) is 1. The van der Waals surface area contributed by atoms with Crippen molar-refractivity contribution in [3.63, 3.8) is 0 Å². The molecule has 0 radical (unpaired) electrons. The van der Waals surface area contributed by atoms with Crippen LogP contribution in [0.15, 0.2) is 36.5 Å². The van der Waals surface area contributed by atoms with E-state index in [-0.39, 0.29) is 22.7 Å². The third-order valence-corrected chi connectivity index (χ3v) is 2.73. The Morgan fingerprint density at radius 2 is 2.00 bits per heavy atom. The van der Waals surface area contributed by atoms with Gasteiger partial charge in [0.05, 0.1) is 11.1 Å². The van der Waals surface area contributed by atoms with Crippen molar-refractivity contribution in [1.29, 1.82) is 0 Å². The van der Waals surface area contributed by atoms with Gasteiger partial charge < -0.3 is 15.5 Å². The zero-order chi connectivity index (χ0) is 14.7. The van der Waals surface area contributed by atoms with Crippen LogP contribution >= 0.6 is 0 Å². The highest BCUT2D eigenvalue weighted by atomic mass is 16.4. The number of carbonyl (C=O) groups excluding carboxylic acids is 1. The topological polar surface area (TPSA) is 99.5 Å². The number of aromatic nitrogens is 1. The molecule has 2 aromatic rings. The third kappa shape index (κ3) is 2.74. The summed E-state index contributed by atoms with van der Waals surface area (Å²) >= 11 is 0. The van der Waals surface area contributed by atoms with Crippen molar-refractivity contribution in [1.82, 2.24) is 4.98 Å². The molecule has 0 aliphatic carbocycles. The first-order valence-corrected chi connectivity index (χ1v) is 5.78. The van der Waals surface area contributed by atoms with Gasteiger partial charge in [-0.05, 0) is 30.7 Å². The minimum atomic E-state index is -1.11. The zero-order valence-electron chi connectivity index (χ0n) is 10.6. The van der Waals surface area contributed by atoms with Crippen molar-refractivity contribution >= 4 is 17.7 Å². The number of para-hydroxylation sites is 1. The van der Waals surface area contributed by atoms with Crippen molar-refractivity contribution < 1.29 is 19.8 Å². The number of phenolic OH excluding ortho intramolecular Hbond substituents is 1. The Labute approximate surface area is 114 Å². The molecule has 102 valence electrons. The van der Waals surface area contributed by atoms with E-state index in [0.717, 1.165) is 0 Å². The molecule has 2 rings (SSSR count). The molecule has 0 saturated heterocycles. The Morgan fingerprint density at radius 3 is 2.70 bits per heavy atom. The molecular weight excluding hydrogens is 260 g/mol. The highest BCUT2D eigenvalue weighted by molar-refractivity contribution is 6.06. The van der Waals surface area contributed by atoms with Crippen molar-refractivity contribution in [2.24, 2.45) is 0 Å². The van der Waals surface area contributed by atoms with Gasteiger partial charge in [0.1, 0.15) is 11.6 Å². The number of carbonyl (C=O) groups is 2. The maximum absolute atomic E-state index is 12.0. The average molecular weight is 272 g/mol. The number of nitrogens with zero attached hydrogens (tertiary/aromatic N) is 1. The average Bonchev–Trinajstić information content (AvgIpc) is 2.42. The Balaban J connectivity index is 2.26. The third-order valence-electron chi connectivity index (χ3n) is 2.73. The van der Waals surface area contributed by atoms with Gasteiger partial charge >= 0.3 is 5.97 Å². The molecule has 6 heteroatoms. The molecule has 6 nitrogen and oxygen atoms in total. The van der Waals surface area contributed by atoms with Crippen molar-refractivity contribution in [3.8, 4) is 5.75 Å². The molecule has 0 atom stereocenters. The Kier molecular flexibility index (Phi) is 3.65. The first kappa shape index (κ1) is 13.5. The number of pyridine rings is 1. The fraction of sp³-hybridized carbons (Fsp3) is 0.0714. The molecule has 0 saturated carbocycles. The number of hydrogen-bond donors (Lipinski definition) is 3. The number of hydrogen-bond acceptors (Lipinski definition) is 4. The summed E-state index contributed by atoms with van der Waals surface area (Å²) in [4.78, 5) is 26.7. The first-order chi connectivity index (χ1) is 9.49. The molecule has 0 aliphatic rings. The van der Waals surface area contributed by atoms with Crippen LogP contribution in [-0.2, 0) is 0 Å². The molecule has 3 N–H and O–H groups in total. The minimum Gasteiger partial charge on any atom is -0.507 e. The summed E-state index contributed by atoms with van der Waals surface area (Å²) < 4.78 is 0. The van der Waals surface area contributed by atoms with Crippen LogP contribution in [0.1, 0.15) is 26.3 Å². The summed E-state index contributed by atoms with van der Waals surface area (Å²) in [5.74, 6) is -1.67. The Bertz CT molecular complexity index is 683. The van der Waals surface area contributed by atoms with Crippen LogP contribution in [0.3, 0.4) is 0 Å². The summed E-state index contributed by atoms with van der Waals surface area (Å²) in [6.07, 6.45) is 1.29. The molecular formula is C14H12N2O4. The lowest BCUT2D eigenvalue weighted by molar-refractivity contribution is 0.0696. The van der Waals surface area contributed by atoms with Crippen molar-refractivity contribution in [3.05, 3.63) is 53.2 Å². The van der Waals surface area contributed by atoms with Gasteiger partial charge in [0.15, 0.2) is 0 Å².